The van der Waals surface area contributed by atoms with Gasteiger partial charge in [-0.3, -0.25) is 9.59 Å². The van der Waals surface area contributed by atoms with Crippen LogP contribution in [-0.4, -0.2) is 48.6 Å². The number of aliphatic hydroxyl groups is 1. The summed E-state index contributed by atoms with van der Waals surface area (Å²) >= 11 is 0. The number of Topliss-reactive ketones (excluding diaryl/α,β-unsaturated/α-hetero) is 1. The number of nitrogens with zero attached hydrogens (tertiary/aromatic N) is 1. The molecule has 1 N–H and O–H groups in total. The summed E-state index contributed by atoms with van der Waals surface area (Å²) in [6.45, 7) is 9.17. The van der Waals surface area contributed by atoms with Crippen molar-refractivity contribution in [2.24, 2.45) is 0 Å². The largest absolute Gasteiger partial charge is 0.507 e. The van der Waals surface area contributed by atoms with Gasteiger partial charge in [0.2, 0.25) is 0 Å². The fraction of sp³-hybridized carbons (Fsp3) is 0.407. The van der Waals surface area contributed by atoms with E-state index in [0.717, 1.165) is 17.7 Å². The predicted molar refractivity (Wildman–Crippen MR) is 130 cm³/mol. The molecule has 0 radical (unpaired) electrons. The predicted octanol–water partition coefficient (Wildman–Crippen LogP) is 5.02. The van der Waals surface area contributed by atoms with Crippen molar-refractivity contribution in [3.8, 4) is 17.2 Å². The smallest absolute Gasteiger partial charge is 0.295 e. The quantitative estimate of drug-likeness (QED) is 0.300. The molecular weight excluding hydrogens is 434 g/mol. The summed E-state index contributed by atoms with van der Waals surface area (Å²) in [5.41, 5.74) is 2.01. The van der Waals surface area contributed by atoms with Crippen LogP contribution in [0.3, 0.4) is 0 Å². The molecule has 1 aliphatic heterocycles. The summed E-state index contributed by atoms with van der Waals surface area (Å²) in [4.78, 5) is 27.6. The molecule has 182 valence electrons. The van der Waals surface area contributed by atoms with Crippen LogP contribution in [0.5, 0.6) is 17.2 Å². The normalized spacial score (nSPS) is 17.2. The summed E-state index contributed by atoms with van der Waals surface area (Å²) in [6.07, 6.45) is 1.55. The first-order valence-corrected chi connectivity index (χ1v) is 11.7. The first-order chi connectivity index (χ1) is 16.4. The summed E-state index contributed by atoms with van der Waals surface area (Å²) in [6, 6.07) is 9.82. The highest BCUT2D eigenvalue weighted by atomic mass is 16.5. The van der Waals surface area contributed by atoms with Crippen molar-refractivity contribution in [2.45, 2.75) is 46.6 Å². The van der Waals surface area contributed by atoms with Gasteiger partial charge in [-0.2, -0.15) is 0 Å². The molecule has 0 saturated carbocycles. The van der Waals surface area contributed by atoms with E-state index in [1.54, 1.807) is 36.4 Å². The Bertz CT molecular complexity index is 1090. The number of carbonyl (C=O) groups is 2. The van der Waals surface area contributed by atoms with Crippen LogP contribution in [0.2, 0.25) is 0 Å². The number of carbonyl (C=O) groups excluding carboxylic acids is 2. The van der Waals surface area contributed by atoms with Crippen molar-refractivity contribution in [3.05, 3.63) is 58.7 Å². The van der Waals surface area contributed by atoms with Crippen molar-refractivity contribution in [2.75, 3.05) is 26.9 Å². The third-order valence-corrected chi connectivity index (χ3v) is 5.72. The lowest BCUT2D eigenvalue weighted by atomic mass is 9.94. The van der Waals surface area contributed by atoms with Gasteiger partial charge in [-0.15, -0.1) is 0 Å². The minimum Gasteiger partial charge on any atom is -0.507 e. The van der Waals surface area contributed by atoms with Crippen LogP contribution in [0.15, 0.2) is 42.0 Å². The molecule has 0 bridgehead atoms. The van der Waals surface area contributed by atoms with Crippen LogP contribution >= 0.6 is 0 Å². The zero-order valence-electron chi connectivity index (χ0n) is 20.5. The highest BCUT2D eigenvalue weighted by Crippen LogP contribution is 2.42. The molecule has 1 saturated heterocycles. The molecule has 1 fully saturated rings. The van der Waals surface area contributed by atoms with Gasteiger partial charge in [0.1, 0.15) is 11.5 Å². The number of benzene rings is 2. The molecule has 2 aromatic carbocycles. The van der Waals surface area contributed by atoms with Gasteiger partial charge in [-0.25, -0.2) is 0 Å². The number of hydrogen-bond donors (Lipinski definition) is 1. The van der Waals surface area contributed by atoms with E-state index in [0.29, 0.717) is 48.8 Å². The van der Waals surface area contributed by atoms with E-state index in [1.807, 2.05) is 27.7 Å². The van der Waals surface area contributed by atoms with Crippen LogP contribution in [0.1, 0.15) is 56.3 Å². The third-order valence-electron chi connectivity index (χ3n) is 5.72. The van der Waals surface area contributed by atoms with Gasteiger partial charge in [0.05, 0.1) is 31.9 Å². The first-order valence-electron chi connectivity index (χ1n) is 11.7. The van der Waals surface area contributed by atoms with Crippen molar-refractivity contribution >= 4 is 17.4 Å². The van der Waals surface area contributed by atoms with Crippen LogP contribution in [0, 0.1) is 6.92 Å². The van der Waals surface area contributed by atoms with Crippen molar-refractivity contribution in [1.29, 1.82) is 0 Å². The fourth-order valence-electron chi connectivity index (χ4n) is 4.15. The Balaban J connectivity index is 2.13. The second-order valence-corrected chi connectivity index (χ2v) is 8.16. The van der Waals surface area contributed by atoms with Gasteiger partial charge < -0.3 is 24.2 Å². The molecule has 3 rings (SSSR count). The summed E-state index contributed by atoms with van der Waals surface area (Å²) in [5.74, 6) is 0.250. The Morgan fingerprint density at radius 2 is 1.71 bits per heavy atom. The topological polar surface area (TPSA) is 85.3 Å². The lowest BCUT2D eigenvalue weighted by Gasteiger charge is -2.25. The Morgan fingerprint density at radius 1 is 0.971 bits per heavy atom. The fourth-order valence-corrected chi connectivity index (χ4v) is 4.15. The maximum atomic E-state index is 13.1. The number of ketones is 1. The molecular formula is C27H33NO6. The molecule has 7 nitrogen and oxygen atoms in total. The highest BCUT2D eigenvalue weighted by molar-refractivity contribution is 6.46. The summed E-state index contributed by atoms with van der Waals surface area (Å²) < 4.78 is 16.8. The summed E-state index contributed by atoms with van der Waals surface area (Å²) in [7, 11) is 1.54. The van der Waals surface area contributed by atoms with E-state index < -0.39 is 17.7 Å². The van der Waals surface area contributed by atoms with Crippen LogP contribution in [-0.2, 0) is 9.59 Å². The van der Waals surface area contributed by atoms with Crippen LogP contribution < -0.4 is 14.2 Å². The average Bonchev–Trinajstić information content (AvgIpc) is 3.08. The maximum Gasteiger partial charge on any atom is 0.295 e. The maximum absolute atomic E-state index is 13.1. The minimum atomic E-state index is -0.735. The second-order valence-electron chi connectivity index (χ2n) is 8.16. The van der Waals surface area contributed by atoms with Crippen molar-refractivity contribution in [1.82, 2.24) is 4.90 Å². The van der Waals surface area contributed by atoms with Gasteiger partial charge in [0, 0.05) is 12.1 Å². The minimum absolute atomic E-state index is 0.0614. The van der Waals surface area contributed by atoms with E-state index in [2.05, 4.69) is 0 Å². The Morgan fingerprint density at radius 3 is 2.32 bits per heavy atom. The number of hydrogen-bond acceptors (Lipinski definition) is 6. The molecule has 1 aliphatic rings. The summed E-state index contributed by atoms with van der Waals surface area (Å²) in [5, 5.41) is 11.3. The number of amides is 1. The molecule has 1 heterocycles. The Hall–Kier alpha value is -3.48. The zero-order valence-corrected chi connectivity index (χ0v) is 20.5. The molecule has 0 aliphatic carbocycles. The average molecular weight is 468 g/mol. The van der Waals surface area contributed by atoms with E-state index >= 15 is 0 Å². The number of likely N-dealkylation sites (tertiary alicyclic amines) is 1. The molecule has 0 spiro atoms. The molecule has 34 heavy (non-hydrogen) atoms. The standard InChI is InChI=1S/C27H33NO6/c1-6-13-28-24(18-9-12-21(33-8-3)22(16-18)32-5)23(26(30)27(28)31)25(29)19-10-11-20(17(4)15-19)34-14-7-2/h9-12,15-16,24,29H,6-8,13-14H2,1-5H3/b25-23-. The lowest BCUT2D eigenvalue weighted by Crippen LogP contribution is -2.30. The van der Waals surface area contributed by atoms with Gasteiger partial charge in [0.25, 0.3) is 11.7 Å². The number of methoxy groups -OCH3 is 1. The van der Waals surface area contributed by atoms with Crippen molar-refractivity contribution < 1.29 is 28.9 Å². The molecule has 1 atom stereocenters. The number of aliphatic hydroxyl groups excluding tert-OH is 1. The number of aryl methyl sites for hydroxylation is 1. The van der Waals surface area contributed by atoms with Gasteiger partial charge in [-0.1, -0.05) is 19.9 Å². The van der Waals surface area contributed by atoms with E-state index in [-0.39, 0.29) is 11.3 Å². The van der Waals surface area contributed by atoms with Gasteiger partial charge >= 0.3 is 0 Å². The van der Waals surface area contributed by atoms with Crippen molar-refractivity contribution in [3.63, 3.8) is 0 Å². The van der Waals surface area contributed by atoms with E-state index in [1.165, 1.54) is 12.0 Å². The molecule has 2 aromatic rings. The third kappa shape index (κ3) is 4.88. The molecule has 1 amide bonds. The highest BCUT2D eigenvalue weighted by Gasteiger charge is 2.45. The molecule has 7 heteroatoms. The SMILES string of the molecule is CCCOc1ccc(/C(O)=C2/C(=O)C(=O)N(CCC)C2c2ccc(OCC)c(OC)c2)cc1C. The van der Waals surface area contributed by atoms with Crippen LogP contribution in [0.4, 0.5) is 0 Å². The second kappa shape index (κ2) is 11.1. The van der Waals surface area contributed by atoms with Crippen LogP contribution in [0.25, 0.3) is 5.76 Å². The van der Waals surface area contributed by atoms with E-state index in [4.69, 9.17) is 14.2 Å². The first kappa shape index (κ1) is 25.1. The lowest BCUT2D eigenvalue weighted by molar-refractivity contribution is -0.139. The molecule has 0 aromatic heterocycles. The number of ether oxygens (including phenoxy) is 3. The zero-order chi connectivity index (χ0) is 24.8. The van der Waals surface area contributed by atoms with E-state index in [9.17, 15) is 14.7 Å². The Kier molecular flexibility index (Phi) is 8.21. The Labute approximate surface area is 200 Å². The molecule has 1 unspecified atom stereocenters. The van der Waals surface area contributed by atoms with Gasteiger partial charge in [0.15, 0.2) is 11.5 Å². The monoisotopic (exact) mass is 467 g/mol. The number of rotatable bonds is 10. The van der Waals surface area contributed by atoms with Gasteiger partial charge in [-0.05, 0) is 68.1 Å².